The maximum Gasteiger partial charge on any atom is 0.269 e. The Morgan fingerprint density at radius 2 is 2.13 bits per heavy atom. The summed E-state index contributed by atoms with van der Waals surface area (Å²) in [5, 5.41) is 10.6. The highest BCUT2D eigenvalue weighted by atomic mass is 16.6. The van der Waals surface area contributed by atoms with Crippen molar-refractivity contribution in [2.24, 2.45) is 0 Å². The van der Waals surface area contributed by atoms with Gasteiger partial charge in [0.25, 0.3) is 5.69 Å². The number of nitrogens with zero attached hydrogens (tertiary/aromatic N) is 1. The highest BCUT2D eigenvalue weighted by Gasteiger charge is 2.12. The predicted molar refractivity (Wildman–Crippen MR) is 61.0 cm³/mol. The van der Waals surface area contributed by atoms with Gasteiger partial charge in [0.05, 0.1) is 4.92 Å². The van der Waals surface area contributed by atoms with Gasteiger partial charge in [0.15, 0.2) is 0 Å². The Bertz CT molecular complexity index is 336. The Hall–Kier alpha value is -1.38. The van der Waals surface area contributed by atoms with Gasteiger partial charge in [-0.1, -0.05) is 32.4 Å². The summed E-state index contributed by atoms with van der Waals surface area (Å²) in [4.78, 5) is 10.3. The molecule has 0 heterocycles. The van der Waals surface area contributed by atoms with Gasteiger partial charge in [0.1, 0.15) is 0 Å². The minimum Gasteiger partial charge on any atom is -0.258 e. The van der Waals surface area contributed by atoms with Crippen LogP contribution in [0.5, 0.6) is 0 Å². The SMILES string of the molecule is CCCC(CC)c1cccc([N+](=O)[O-])c1. The van der Waals surface area contributed by atoms with Crippen LogP contribution in [0.15, 0.2) is 24.3 Å². The van der Waals surface area contributed by atoms with Gasteiger partial charge in [0.2, 0.25) is 0 Å². The van der Waals surface area contributed by atoms with Crippen LogP contribution in [0, 0.1) is 10.1 Å². The number of hydrogen-bond acceptors (Lipinski definition) is 2. The highest BCUT2D eigenvalue weighted by Crippen LogP contribution is 2.27. The van der Waals surface area contributed by atoms with E-state index in [9.17, 15) is 10.1 Å². The average Bonchev–Trinajstić information content (AvgIpc) is 2.26. The van der Waals surface area contributed by atoms with E-state index in [1.807, 2.05) is 6.07 Å². The molecule has 0 saturated heterocycles. The van der Waals surface area contributed by atoms with E-state index < -0.39 is 0 Å². The molecule has 15 heavy (non-hydrogen) atoms. The van der Waals surface area contributed by atoms with E-state index in [1.165, 1.54) is 0 Å². The van der Waals surface area contributed by atoms with Gasteiger partial charge in [-0.2, -0.15) is 0 Å². The van der Waals surface area contributed by atoms with E-state index in [0.717, 1.165) is 24.8 Å². The van der Waals surface area contributed by atoms with Crippen molar-refractivity contribution < 1.29 is 4.92 Å². The second-order valence-corrected chi connectivity index (χ2v) is 3.75. The third-order valence-corrected chi connectivity index (χ3v) is 2.68. The second kappa shape index (κ2) is 5.49. The van der Waals surface area contributed by atoms with Gasteiger partial charge in [0, 0.05) is 12.1 Å². The van der Waals surface area contributed by atoms with Crippen LogP contribution in [0.3, 0.4) is 0 Å². The van der Waals surface area contributed by atoms with Gasteiger partial charge < -0.3 is 0 Å². The van der Waals surface area contributed by atoms with Gasteiger partial charge in [-0.3, -0.25) is 10.1 Å². The van der Waals surface area contributed by atoms with E-state index in [2.05, 4.69) is 13.8 Å². The number of non-ortho nitro benzene ring substituents is 1. The first-order valence-corrected chi connectivity index (χ1v) is 5.43. The molecule has 0 aliphatic carbocycles. The first kappa shape index (κ1) is 11.7. The molecule has 1 rings (SSSR count). The monoisotopic (exact) mass is 207 g/mol. The molecule has 0 fully saturated rings. The normalized spacial score (nSPS) is 12.4. The van der Waals surface area contributed by atoms with Crippen LogP contribution in [0.4, 0.5) is 5.69 Å². The summed E-state index contributed by atoms with van der Waals surface area (Å²) in [7, 11) is 0. The lowest BCUT2D eigenvalue weighted by molar-refractivity contribution is -0.384. The summed E-state index contributed by atoms with van der Waals surface area (Å²) in [6, 6.07) is 6.99. The molecule has 3 nitrogen and oxygen atoms in total. The lowest BCUT2D eigenvalue weighted by atomic mass is 9.92. The van der Waals surface area contributed by atoms with Crippen molar-refractivity contribution in [3.05, 3.63) is 39.9 Å². The molecule has 0 bridgehead atoms. The van der Waals surface area contributed by atoms with Crippen LogP contribution in [0.1, 0.15) is 44.6 Å². The molecule has 1 aromatic rings. The molecule has 0 aromatic heterocycles. The van der Waals surface area contributed by atoms with E-state index in [0.29, 0.717) is 5.92 Å². The van der Waals surface area contributed by atoms with Crippen LogP contribution < -0.4 is 0 Å². The third kappa shape index (κ3) is 3.05. The largest absolute Gasteiger partial charge is 0.269 e. The molecular formula is C12H17NO2. The fourth-order valence-corrected chi connectivity index (χ4v) is 1.85. The zero-order valence-corrected chi connectivity index (χ0v) is 9.27. The first-order valence-electron chi connectivity index (χ1n) is 5.43. The molecule has 0 saturated carbocycles. The van der Waals surface area contributed by atoms with E-state index >= 15 is 0 Å². The lowest BCUT2D eigenvalue weighted by Gasteiger charge is -2.13. The molecule has 0 aliphatic rings. The van der Waals surface area contributed by atoms with Crippen molar-refractivity contribution >= 4 is 5.69 Å². The summed E-state index contributed by atoms with van der Waals surface area (Å²) >= 11 is 0. The van der Waals surface area contributed by atoms with Gasteiger partial charge in [-0.25, -0.2) is 0 Å². The molecule has 1 atom stereocenters. The average molecular weight is 207 g/mol. The van der Waals surface area contributed by atoms with Gasteiger partial charge >= 0.3 is 0 Å². The Balaban J connectivity index is 2.92. The van der Waals surface area contributed by atoms with Crippen molar-refractivity contribution in [3.8, 4) is 0 Å². The molecule has 1 aromatic carbocycles. The van der Waals surface area contributed by atoms with Crippen LogP contribution in [-0.4, -0.2) is 4.92 Å². The van der Waals surface area contributed by atoms with Crippen molar-refractivity contribution in [1.82, 2.24) is 0 Å². The van der Waals surface area contributed by atoms with Crippen LogP contribution >= 0.6 is 0 Å². The van der Waals surface area contributed by atoms with E-state index in [-0.39, 0.29) is 10.6 Å². The molecule has 1 unspecified atom stereocenters. The van der Waals surface area contributed by atoms with Gasteiger partial charge in [-0.15, -0.1) is 0 Å². The Morgan fingerprint density at radius 1 is 1.40 bits per heavy atom. The first-order chi connectivity index (χ1) is 7.19. The Morgan fingerprint density at radius 3 is 2.67 bits per heavy atom. The minimum atomic E-state index is -0.331. The molecule has 0 radical (unpaired) electrons. The topological polar surface area (TPSA) is 43.1 Å². The Kier molecular flexibility index (Phi) is 4.28. The quantitative estimate of drug-likeness (QED) is 0.543. The molecule has 0 N–H and O–H groups in total. The number of nitro benzene ring substituents is 1. The molecule has 0 amide bonds. The summed E-state index contributed by atoms with van der Waals surface area (Å²) in [6.45, 7) is 4.26. The van der Waals surface area contributed by atoms with Crippen molar-refractivity contribution in [1.29, 1.82) is 0 Å². The molecule has 0 spiro atoms. The summed E-state index contributed by atoms with van der Waals surface area (Å²) in [5.41, 5.74) is 1.29. The van der Waals surface area contributed by atoms with Gasteiger partial charge in [-0.05, 0) is 24.3 Å². The van der Waals surface area contributed by atoms with Crippen LogP contribution in [0.25, 0.3) is 0 Å². The number of hydrogen-bond donors (Lipinski definition) is 0. The van der Waals surface area contributed by atoms with E-state index in [4.69, 9.17) is 0 Å². The number of benzene rings is 1. The maximum atomic E-state index is 10.6. The molecule has 0 aliphatic heterocycles. The predicted octanol–water partition coefficient (Wildman–Crippen LogP) is 3.89. The summed E-state index contributed by atoms with van der Waals surface area (Å²) in [5.74, 6) is 0.454. The fraction of sp³-hybridized carbons (Fsp3) is 0.500. The number of nitro groups is 1. The second-order valence-electron chi connectivity index (χ2n) is 3.75. The highest BCUT2D eigenvalue weighted by molar-refractivity contribution is 5.35. The van der Waals surface area contributed by atoms with Crippen LogP contribution in [-0.2, 0) is 0 Å². The zero-order chi connectivity index (χ0) is 11.3. The molecular weight excluding hydrogens is 190 g/mol. The third-order valence-electron chi connectivity index (χ3n) is 2.68. The fourth-order valence-electron chi connectivity index (χ4n) is 1.85. The summed E-state index contributed by atoms with van der Waals surface area (Å²) < 4.78 is 0. The van der Waals surface area contributed by atoms with E-state index in [1.54, 1.807) is 18.2 Å². The smallest absolute Gasteiger partial charge is 0.258 e. The Labute approximate surface area is 90.3 Å². The molecule has 3 heteroatoms. The lowest BCUT2D eigenvalue weighted by Crippen LogP contribution is -1.98. The summed E-state index contributed by atoms with van der Waals surface area (Å²) in [6.07, 6.45) is 3.24. The number of rotatable bonds is 5. The maximum absolute atomic E-state index is 10.6. The van der Waals surface area contributed by atoms with Crippen molar-refractivity contribution in [3.63, 3.8) is 0 Å². The zero-order valence-electron chi connectivity index (χ0n) is 9.27. The van der Waals surface area contributed by atoms with Crippen molar-refractivity contribution in [2.45, 2.75) is 39.0 Å². The van der Waals surface area contributed by atoms with Crippen molar-refractivity contribution in [2.75, 3.05) is 0 Å². The van der Waals surface area contributed by atoms with Crippen LogP contribution in [0.2, 0.25) is 0 Å². The molecule has 82 valence electrons. The standard InChI is InChI=1S/C12H17NO2/c1-3-6-10(4-2)11-7-5-8-12(9-11)13(14)15/h5,7-10H,3-4,6H2,1-2H3. The minimum absolute atomic E-state index is 0.196.